The summed E-state index contributed by atoms with van der Waals surface area (Å²) in [5, 5.41) is 3.16. The number of esters is 1. The third kappa shape index (κ3) is 7.02. The van der Waals surface area contributed by atoms with Crippen LogP contribution in [0, 0.1) is 5.82 Å². The molecule has 0 heterocycles. The molecule has 1 amide bonds. The van der Waals surface area contributed by atoms with Crippen molar-refractivity contribution in [2.75, 3.05) is 20.7 Å². The summed E-state index contributed by atoms with van der Waals surface area (Å²) in [6.07, 6.45) is 0.187. The third-order valence-corrected chi connectivity index (χ3v) is 6.83. The maximum Gasteiger partial charge on any atom is 0.307 e. The molecule has 0 bridgehead atoms. The van der Waals surface area contributed by atoms with Crippen molar-refractivity contribution in [1.82, 2.24) is 9.62 Å². The minimum atomic E-state index is -3.79. The quantitative estimate of drug-likeness (QED) is 0.538. The Balaban J connectivity index is 1.96. The molecule has 1 N–H and O–H groups in total. The molecule has 2 rings (SSSR count). The zero-order valence-electron chi connectivity index (χ0n) is 17.2. The second-order valence-corrected chi connectivity index (χ2v) is 9.26. The van der Waals surface area contributed by atoms with Gasteiger partial charge in [0.2, 0.25) is 15.9 Å². The predicted molar refractivity (Wildman–Crippen MR) is 114 cm³/mol. The van der Waals surface area contributed by atoms with E-state index in [1.54, 1.807) is 24.3 Å². The van der Waals surface area contributed by atoms with Gasteiger partial charge in [0.1, 0.15) is 5.82 Å². The number of sulfonamides is 1. The van der Waals surface area contributed by atoms with Gasteiger partial charge in [0, 0.05) is 25.0 Å². The highest BCUT2D eigenvalue weighted by atomic mass is 35.5. The number of carbonyl (C=O) groups is 2. The Labute approximate surface area is 186 Å². The van der Waals surface area contributed by atoms with E-state index in [-0.39, 0.29) is 36.6 Å². The maximum atomic E-state index is 13.0. The van der Waals surface area contributed by atoms with Crippen LogP contribution in [0.3, 0.4) is 0 Å². The molecular weight excluding hydrogens is 447 g/mol. The fourth-order valence-electron chi connectivity index (χ4n) is 2.88. The molecule has 1 unspecified atom stereocenters. The Kier molecular flexibility index (Phi) is 8.97. The van der Waals surface area contributed by atoms with Crippen molar-refractivity contribution in [3.05, 3.63) is 64.9 Å². The smallest absolute Gasteiger partial charge is 0.307 e. The van der Waals surface area contributed by atoms with Crippen molar-refractivity contribution in [3.8, 4) is 0 Å². The van der Waals surface area contributed by atoms with Crippen molar-refractivity contribution in [2.24, 2.45) is 0 Å². The fraction of sp³-hybridized carbons (Fsp3) is 0.333. The molecule has 2 aromatic carbocycles. The minimum Gasteiger partial charge on any atom is -0.469 e. The van der Waals surface area contributed by atoms with E-state index in [0.717, 1.165) is 16.4 Å². The van der Waals surface area contributed by atoms with Gasteiger partial charge < -0.3 is 10.1 Å². The van der Waals surface area contributed by atoms with Crippen LogP contribution >= 0.6 is 11.6 Å². The highest BCUT2D eigenvalue weighted by molar-refractivity contribution is 7.89. The average molecular weight is 471 g/mol. The summed E-state index contributed by atoms with van der Waals surface area (Å²) >= 11 is 6.19. The van der Waals surface area contributed by atoms with E-state index >= 15 is 0 Å². The van der Waals surface area contributed by atoms with Gasteiger partial charge in [0.25, 0.3) is 0 Å². The van der Waals surface area contributed by atoms with Gasteiger partial charge in [-0.1, -0.05) is 29.8 Å². The summed E-state index contributed by atoms with van der Waals surface area (Å²) < 4.78 is 43.8. The molecule has 0 spiro atoms. The monoisotopic (exact) mass is 470 g/mol. The van der Waals surface area contributed by atoms with E-state index in [4.69, 9.17) is 16.3 Å². The van der Waals surface area contributed by atoms with Crippen LogP contribution in [0.4, 0.5) is 4.39 Å². The van der Waals surface area contributed by atoms with Crippen molar-refractivity contribution < 1.29 is 27.1 Å². The first kappa shape index (κ1) is 24.8. The SMILES string of the molecule is COC(=O)CC(NC(=O)CCCN(C)S(=O)(=O)c1ccc(F)cc1)c1ccccc1Cl. The van der Waals surface area contributed by atoms with Crippen molar-refractivity contribution in [2.45, 2.75) is 30.2 Å². The van der Waals surface area contributed by atoms with Gasteiger partial charge in [-0.15, -0.1) is 0 Å². The van der Waals surface area contributed by atoms with Crippen molar-refractivity contribution >= 4 is 33.5 Å². The normalized spacial score (nSPS) is 12.4. The van der Waals surface area contributed by atoms with Crippen LogP contribution in [0.2, 0.25) is 5.02 Å². The number of benzene rings is 2. The molecule has 2 aromatic rings. The lowest BCUT2D eigenvalue weighted by atomic mass is 10.0. The van der Waals surface area contributed by atoms with Gasteiger partial charge >= 0.3 is 5.97 Å². The Hall–Kier alpha value is -2.49. The zero-order valence-corrected chi connectivity index (χ0v) is 18.7. The second kappa shape index (κ2) is 11.2. The van der Waals surface area contributed by atoms with E-state index in [1.807, 2.05) is 0 Å². The first-order valence-electron chi connectivity index (χ1n) is 9.47. The Morgan fingerprint density at radius 2 is 1.81 bits per heavy atom. The summed E-state index contributed by atoms with van der Waals surface area (Å²) in [7, 11) is -1.14. The van der Waals surface area contributed by atoms with E-state index < -0.39 is 27.9 Å². The van der Waals surface area contributed by atoms with E-state index in [9.17, 15) is 22.4 Å². The number of rotatable bonds is 10. The molecule has 7 nitrogen and oxygen atoms in total. The minimum absolute atomic E-state index is 0.0299. The second-order valence-electron chi connectivity index (χ2n) is 6.81. The molecular formula is C21H24ClFN2O5S. The van der Waals surface area contributed by atoms with Gasteiger partial charge in [0.05, 0.1) is 24.5 Å². The van der Waals surface area contributed by atoms with Crippen molar-refractivity contribution in [1.29, 1.82) is 0 Å². The molecule has 0 aliphatic rings. The number of amides is 1. The molecule has 1 atom stereocenters. The standard InChI is InChI=1S/C21H24ClFN2O5S/c1-25(31(28,29)16-11-9-15(23)10-12-16)13-5-8-20(26)24-19(14-21(27)30-2)17-6-3-4-7-18(17)22/h3-4,6-7,9-12,19H,5,8,13-14H2,1-2H3,(H,24,26). The number of hydrogen-bond acceptors (Lipinski definition) is 5. The summed E-state index contributed by atoms with van der Waals surface area (Å²) in [5.74, 6) is -1.39. The first-order valence-corrected chi connectivity index (χ1v) is 11.3. The summed E-state index contributed by atoms with van der Waals surface area (Å²) in [5.41, 5.74) is 0.582. The number of carbonyl (C=O) groups excluding carboxylic acids is 2. The highest BCUT2D eigenvalue weighted by Crippen LogP contribution is 2.25. The molecule has 10 heteroatoms. The summed E-state index contributed by atoms with van der Waals surface area (Å²) in [6, 6.07) is 10.7. The molecule has 0 aliphatic carbocycles. The molecule has 0 saturated heterocycles. The van der Waals surface area contributed by atoms with Crippen LogP contribution < -0.4 is 5.32 Å². The van der Waals surface area contributed by atoms with Crippen LogP contribution in [0.15, 0.2) is 53.4 Å². The number of methoxy groups -OCH3 is 1. The number of halogens is 2. The van der Waals surface area contributed by atoms with Crippen LogP contribution in [-0.4, -0.2) is 45.3 Å². The van der Waals surface area contributed by atoms with Crippen LogP contribution in [0.1, 0.15) is 30.9 Å². The van der Waals surface area contributed by atoms with Crippen LogP contribution in [0.25, 0.3) is 0 Å². The van der Waals surface area contributed by atoms with Gasteiger partial charge in [0.15, 0.2) is 0 Å². The lowest BCUT2D eigenvalue weighted by molar-refractivity contribution is -0.141. The summed E-state index contributed by atoms with van der Waals surface area (Å²) in [4.78, 5) is 24.1. The molecule has 0 aromatic heterocycles. The third-order valence-electron chi connectivity index (χ3n) is 4.61. The van der Waals surface area contributed by atoms with Crippen LogP contribution in [0.5, 0.6) is 0 Å². The van der Waals surface area contributed by atoms with Gasteiger partial charge in [-0.25, -0.2) is 17.1 Å². The Bertz CT molecular complexity index is 1010. The molecule has 0 saturated carbocycles. The van der Waals surface area contributed by atoms with Crippen LogP contribution in [-0.2, 0) is 24.3 Å². The predicted octanol–water partition coefficient (Wildman–Crippen LogP) is 3.30. The topological polar surface area (TPSA) is 92.8 Å². The largest absolute Gasteiger partial charge is 0.469 e. The first-order chi connectivity index (χ1) is 14.6. The Morgan fingerprint density at radius 3 is 2.42 bits per heavy atom. The fourth-order valence-corrected chi connectivity index (χ4v) is 4.36. The summed E-state index contributed by atoms with van der Waals surface area (Å²) in [6.45, 7) is 0.0842. The number of ether oxygens (including phenoxy) is 1. The van der Waals surface area contributed by atoms with Gasteiger partial charge in [-0.2, -0.15) is 0 Å². The number of nitrogens with one attached hydrogen (secondary N) is 1. The van der Waals surface area contributed by atoms with Gasteiger partial charge in [-0.3, -0.25) is 9.59 Å². The molecule has 31 heavy (non-hydrogen) atoms. The van der Waals surface area contributed by atoms with Crippen molar-refractivity contribution in [3.63, 3.8) is 0 Å². The molecule has 0 aliphatic heterocycles. The van der Waals surface area contributed by atoms with E-state index in [0.29, 0.717) is 10.6 Å². The Morgan fingerprint density at radius 1 is 1.16 bits per heavy atom. The van der Waals surface area contributed by atoms with E-state index in [1.165, 1.54) is 26.3 Å². The maximum absolute atomic E-state index is 13.0. The lowest BCUT2D eigenvalue weighted by Gasteiger charge is -2.20. The zero-order chi connectivity index (χ0) is 23.0. The molecule has 168 valence electrons. The molecule has 0 fully saturated rings. The lowest BCUT2D eigenvalue weighted by Crippen LogP contribution is -2.32. The number of hydrogen-bond donors (Lipinski definition) is 1. The average Bonchev–Trinajstić information content (AvgIpc) is 2.73. The molecule has 0 radical (unpaired) electrons. The van der Waals surface area contributed by atoms with E-state index in [2.05, 4.69) is 5.32 Å². The van der Waals surface area contributed by atoms with Gasteiger partial charge in [-0.05, 0) is 42.3 Å². The highest BCUT2D eigenvalue weighted by Gasteiger charge is 2.23. The number of nitrogens with zero attached hydrogens (tertiary/aromatic N) is 1.